The van der Waals surface area contributed by atoms with E-state index in [1.807, 2.05) is 0 Å². The van der Waals surface area contributed by atoms with Crippen LogP contribution in [-0.2, 0) is 0 Å². The monoisotopic (exact) mass is 237 g/mol. The first-order valence-corrected chi connectivity index (χ1v) is 7.49. The van der Waals surface area contributed by atoms with Crippen LogP contribution in [0.3, 0.4) is 0 Å². The van der Waals surface area contributed by atoms with Gasteiger partial charge in [0.25, 0.3) is 0 Å². The SMILES string of the molecule is CC1(C)CC(C)(C)CC2(CCCC2CCN)C1. The van der Waals surface area contributed by atoms with E-state index in [1.54, 1.807) is 0 Å². The maximum Gasteiger partial charge on any atom is -0.00744 e. The number of nitrogens with two attached hydrogens (primary N) is 1. The Morgan fingerprint density at radius 1 is 1.00 bits per heavy atom. The second-order valence-electron chi connectivity index (χ2n) is 8.39. The first kappa shape index (κ1) is 13.4. The summed E-state index contributed by atoms with van der Waals surface area (Å²) in [7, 11) is 0. The molecule has 0 radical (unpaired) electrons. The highest BCUT2D eigenvalue weighted by molar-refractivity contribution is 5.02. The van der Waals surface area contributed by atoms with Gasteiger partial charge < -0.3 is 5.73 Å². The van der Waals surface area contributed by atoms with Crippen LogP contribution in [0.25, 0.3) is 0 Å². The molecule has 100 valence electrons. The van der Waals surface area contributed by atoms with Gasteiger partial charge in [-0.2, -0.15) is 0 Å². The molecule has 0 amide bonds. The van der Waals surface area contributed by atoms with Gasteiger partial charge in [-0.05, 0) is 67.2 Å². The summed E-state index contributed by atoms with van der Waals surface area (Å²) < 4.78 is 0. The predicted octanol–water partition coefficient (Wildman–Crippen LogP) is 4.36. The van der Waals surface area contributed by atoms with Gasteiger partial charge in [-0.15, -0.1) is 0 Å². The van der Waals surface area contributed by atoms with Crippen molar-refractivity contribution in [3.63, 3.8) is 0 Å². The Morgan fingerprint density at radius 3 is 2.12 bits per heavy atom. The smallest absolute Gasteiger partial charge is 0.00744 e. The van der Waals surface area contributed by atoms with Gasteiger partial charge in [-0.25, -0.2) is 0 Å². The van der Waals surface area contributed by atoms with Gasteiger partial charge in [0, 0.05) is 0 Å². The zero-order valence-electron chi connectivity index (χ0n) is 12.3. The second kappa shape index (κ2) is 4.26. The van der Waals surface area contributed by atoms with Crippen LogP contribution >= 0.6 is 0 Å². The van der Waals surface area contributed by atoms with Gasteiger partial charge >= 0.3 is 0 Å². The van der Waals surface area contributed by atoms with E-state index in [0.717, 1.165) is 12.5 Å². The van der Waals surface area contributed by atoms with Gasteiger partial charge in [0.05, 0.1) is 0 Å². The van der Waals surface area contributed by atoms with Crippen molar-refractivity contribution < 1.29 is 0 Å². The normalized spacial score (nSPS) is 34.1. The first-order chi connectivity index (χ1) is 7.79. The molecule has 0 aromatic rings. The van der Waals surface area contributed by atoms with Gasteiger partial charge in [0.1, 0.15) is 0 Å². The summed E-state index contributed by atoms with van der Waals surface area (Å²) in [4.78, 5) is 0. The zero-order valence-corrected chi connectivity index (χ0v) is 12.3. The fourth-order valence-electron chi connectivity index (χ4n) is 5.72. The lowest BCUT2D eigenvalue weighted by atomic mass is 9.52. The Hall–Kier alpha value is -0.0400. The molecule has 0 bridgehead atoms. The molecule has 1 unspecified atom stereocenters. The lowest BCUT2D eigenvalue weighted by molar-refractivity contribution is -0.0281. The summed E-state index contributed by atoms with van der Waals surface area (Å²) in [6.45, 7) is 10.8. The van der Waals surface area contributed by atoms with Crippen molar-refractivity contribution in [1.82, 2.24) is 0 Å². The molecule has 1 nitrogen and oxygen atoms in total. The Bertz CT molecular complexity index is 261. The second-order valence-corrected chi connectivity index (χ2v) is 8.39. The lowest BCUT2D eigenvalue weighted by Crippen LogP contribution is -2.43. The molecule has 0 aliphatic heterocycles. The summed E-state index contributed by atoms with van der Waals surface area (Å²) in [5.41, 5.74) is 7.52. The standard InChI is InChI=1S/C16H31N/c1-14(2)10-15(3,4)12-16(11-14)8-5-6-13(16)7-9-17/h13H,5-12,17H2,1-4H3. The molecule has 17 heavy (non-hydrogen) atoms. The molecule has 0 aromatic carbocycles. The maximum atomic E-state index is 5.83. The van der Waals surface area contributed by atoms with E-state index in [0.29, 0.717) is 16.2 Å². The third-order valence-electron chi connectivity index (χ3n) is 5.23. The van der Waals surface area contributed by atoms with Crippen molar-refractivity contribution in [2.45, 2.75) is 72.6 Å². The van der Waals surface area contributed by atoms with Crippen LogP contribution in [0.2, 0.25) is 0 Å². The number of rotatable bonds is 2. The van der Waals surface area contributed by atoms with Crippen LogP contribution in [0.5, 0.6) is 0 Å². The van der Waals surface area contributed by atoms with E-state index in [1.165, 1.54) is 44.9 Å². The van der Waals surface area contributed by atoms with E-state index in [9.17, 15) is 0 Å². The number of hydrogen-bond acceptors (Lipinski definition) is 1. The maximum absolute atomic E-state index is 5.83. The minimum atomic E-state index is 0.527. The highest BCUT2D eigenvalue weighted by atomic mass is 14.6. The fraction of sp³-hybridized carbons (Fsp3) is 1.00. The predicted molar refractivity (Wildman–Crippen MR) is 74.9 cm³/mol. The van der Waals surface area contributed by atoms with Crippen molar-refractivity contribution in [2.75, 3.05) is 6.54 Å². The molecule has 2 aliphatic carbocycles. The van der Waals surface area contributed by atoms with Crippen molar-refractivity contribution in [3.05, 3.63) is 0 Å². The third-order valence-corrected chi connectivity index (χ3v) is 5.23. The quantitative estimate of drug-likeness (QED) is 0.759. The Morgan fingerprint density at radius 2 is 1.59 bits per heavy atom. The molecule has 1 spiro atoms. The summed E-state index contributed by atoms with van der Waals surface area (Å²) >= 11 is 0. The molecule has 0 saturated heterocycles. The van der Waals surface area contributed by atoms with Gasteiger partial charge in [-0.3, -0.25) is 0 Å². The van der Waals surface area contributed by atoms with Gasteiger partial charge in [-0.1, -0.05) is 34.1 Å². The molecular weight excluding hydrogens is 206 g/mol. The Kier molecular flexibility index (Phi) is 3.36. The molecule has 2 aliphatic rings. The molecule has 0 heterocycles. The zero-order chi connectivity index (χ0) is 12.7. The first-order valence-electron chi connectivity index (χ1n) is 7.49. The van der Waals surface area contributed by atoms with Crippen molar-refractivity contribution in [2.24, 2.45) is 27.9 Å². The Balaban J connectivity index is 2.23. The lowest BCUT2D eigenvalue weighted by Gasteiger charge is -2.53. The van der Waals surface area contributed by atoms with Gasteiger partial charge in [0.15, 0.2) is 0 Å². The van der Waals surface area contributed by atoms with Crippen LogP contribution in [0.4, 0.5) is 0 Å². The molecule has 2 N–H and O–H groups in total. The van der Waals surface area contributed by atoms with Crippen molar-refractivity contribution in [3.8, 4) is 0 Å². The van der Waals surface area contributed by atoms with Crippen LogP contribution < -0.4 is 5.73 Å². The summed E-state index contributed by atoms with van der Waals surface area (Å²) in [6, 6.07) is 0. The fourth-order valence-corrected chi connectivity index (χ4v) is 5.72. The van der Waals surface area contributed by atoms with E-state index < -0.39 is 0 Å². The largest absolute Gasteiger partial charge is 0.330 e. The minimum Gasteiger partial charge on any atom is -0.330 e. The van der Waals surface area contributed by atoms with E-state index in [2.05, 4.69) is 27.7 Å². The number of hydrogen-bond donors (Lipinski definition) is 1. The average molecular weight is 237 g/mol. The molecule has 2 saturated carbocycles. The topological polar surface area (TPSA) is 26.0 Å². The summed E-state index contributed by atoms with van der Waals surface area (Å²) in [5, 5.41) is 0. The highest BCUT2D eigenvalue weighted by Gasteiger charge is 2.52. The molecule has 1 atom stereocenters. The minimum absolute atomic E-state index is 0.527. The molecule has 1 heteroatoms. The Labute approximate surface area is 108 Å². The van der Waals surface area contributed by atoms with Gasteiger partial charge in [0.2, 0.25) is 0 Å². The molecular formula is C16H31N. The van der Waals surface area contributed by atoms with Crippen LogP contribution in [0.15, 0.2) is 0 Å². The molecule has 2 fully saturated rings. The van der Waals surface area contributed by atoms with Crippen molar-refractivity contribution >= 4 is 0 Å². The van der Waals surface area contributed by atoms with Crippen molar-refractivity contribution in [1.29, 1.82) is 0 Å². The highest BCUT2D eigenvalue weighted by Crippen LogP contribution is 2.62. The molecule has 2 rings (SSSR count). The van der Waals surface area contributed by atoms with Crippen LogP contribution in [0.1, 0.15) is 72.6 Å². The molecule has 0 aromatic heterocycles. The van der Waals surface area contributed by atoms with E-state index >= 15 is 0 Å². The van der Waals surface area contributed by atoms with Crippen LogP contribution in [-0.4, -0.2) is 6.54 Å². The van der Waals surface area contributed by atoms with Crippen LogP contribution in [0, 0.1) is 22.2 Å². The van der Waals surface area contributed by atoms with E-state index in [4.69, 9.17) is 5.73 Å². The average Bonchev–Trinajstić information content (AvgIpc) is 2.43. The van der Waals surface area contributed by atoms with E-state index in [-0.39, 0.29) is 0 Å². The third kappa shape index (κ3) is 2.70. The summed E-state index contributed by atoms with van der Waals surface area (Å²) in [5.74, 6) is 0.909. The summed E-state index contributed by atoms with van der Waals surface area (Å²) in [6.07, 6.45) is 9.86.